The van der Waals surface area contributed by atoms with Gasteiger partial charge in [-0.1, -0.05) is 36.4 Å². The van der Waals surface area contributed by atoms with Crippen LogP contribution in [0.3, 0.4) is 0 Å². The summed E-state index contributed by atoms with van der Waals surface area (Å²) in [7, 11) is 0. The first-order valence-corrected chi connectivity index (χ1v) is 12.9. The summed E-state index contributed by atoms with van der Waals surface area (Å²) in [6, 6.07) is 15.8. The van der Waals surface area contributed by atoms with Gasteiger partial charge in [0.05, 0.1) is 23.6 Å². The van der Waals surface area contributed by atoms with Crippen molar-refractivity contribution in [1.82, 2.24) is 14.5 Å². The van der Waals surface area contributed by atoms with Gasteiger partial charge in [-0.3, -0.25) is 19.4 Å². The molecule has 1 atom stereocenters. The summed E-state index contributed by atoms with van der Waals surface area (Å²) in [5.41, 5.74) is 2.66. The number of halogens is 2. The van der Waals surface area contributed by atoms with Crippen molar-refractivity contribution in [3.05, 3.63) is 74.6 Å². The first kappa shape index (κ1) is 23.7. The number of carbonyl (C=O) groups is 2. The molecule has 3 aromatic rings. The Morgan fingerprint density at radius 3 is 2.60 bits per heavy atom. The second-order valence-electron chi connectivity index (χ2n) is 8.43. The zero-order valence-corrected chi connectivity index (χ0v) is 22.4. The van der Waals surface area contributed by atoms with E-state index < -0.39 is 0 Å². The molecule has 0 spiro atoms. The zero-order chi connectivity index (χ0) is 24.7. The highest BCUT2D eigenvalue weighted by atomic mass is 79.9. The van der Waals surface area contributed by atoms with Crippen LogP contribution in [0.4, 0.5) is 5.82 Å². The summed E-state index contributed by atoms with van der Waals surface area (Å²) >= 11 is 7.03. The summed E-state index contributed by atoms with van der Waals surface area (Å²) in [6.45, 7) is 4.90. The monoisotopic (exact) mass is 599 g/mol. The van der Waals surface area contributed by atoms with Gasteiger partial charge in [-0.05, 0) is 68.5 Å². The molecular weight excluding hydrogens is 578 g/mol. The Morgan fingerprint density at radius 2 is 1.91 bits per heavy atom. The molecule has 0 saturated heterocycles. The van der Waals surface area contributed by atoms with Crippen LogP contribution in [0.15, 0.2) is 62.7 Å². The number of esters is 1. The number of aliphatic imine (C=N–C) groups is 1. The van der Waals surface area contributed by atoms with Crippen LogP contribution < -0.4 is 9.64 Å². The smallest absolute Gasteiger partial charge is 0.308 e. The second-order valence-corrected chi connectivity index (χ2v) is 9.99. The van der Waals surface area contributed by atoms with Crippen LogP contribution in [0.5, 0.6) is 5.75 Å². The first-order chi connectivity index (χ1) is 16.9. The normalized spacial score (nSPS) is 16.7. The van der Waals surface area contributed by atoms with E-state index in [0.717, 1.165) is 12.0 Å². The molecule has 10 heteroatoms. The zero-order valence-electron chi connectivity index (χ0n) is 19.2. The number of carbonyl (C=O) groups excluding carboxylic acids is 2. The average molecular weight is 601 g/mol. The van der Waals surface area contributed by atoms with Crippen molar-refractivity contribution >= 4 is 55.5 Å². The van der Waals surface area contributed by atoms with Crippen molar-refractivity contribution in [2.24, 2.45) is 4.99 Å². The molecule has 2 aliphatic heterocycles. The van der Waals surface area contributed by atoms with E-state index in [0.29, 0.717) is 52.1 Å². The Morgan fingerprint density at radius 1 is 1.14 bits per heavy atom. The molecule has 0 aliphatic carbocycles. The quantitative estimate of drug-likeness (QED) is 0.304. The summed E-state index contributed by atoms with van der Waals surface area (Å²) < 4.78 is 8.30. The lowest BCUT2D eigenvalue weighted by Crippen LogP contribution is -2.50. The Bertz CT molecular complexity index is 1340. The lowest BCUT2D eigenvalue weighted by atomic mass is 10.1. The van der Waals surface area contributed by atoms with Crippen LogP contribution in [0.25, 0.3) is 0 Å². The Balaban J connectivity index is 1.46. The number of fused-ring (bicyclic) bond motifs is 3. The Hall–Kier alpha value is -2.98. The van der Waals surface area contributed by atoms with Gasteiger partial charge in [-0.25, -0.2) is 9.98 Å². The first-order valence-electron chi connectivity index (χ1n) is 11.3. The standard InChI is InChI=1S/C25H23Br2N5O3/c1-3-30-23(34)21-22(32-14-18(28-25(30)32)11-16-7-5-4-6-8-16)29-24(27)31(21)13-17-9-10-20(19(26)12-17)35-15(2)33/h4-10,12,18H,3,11,13-14H2,1-2H3/t18-/m1/s1. The van der Waals surface area contributed by atoms with Gasteiger partial charge in [0.15, 0.2) is 16.2 Å². The number of benzene rings is 2. The predicted molar refractivity (Wildman–Crippen MR) is 140 cm³/mol. The number of amides is 1. The molecule has 1 amide bonds. The van der Waals surface area contributed by atoms with Crippen LogP contribution in [-0.2, 0) is 17.8 Å². The van der Waals surface area contributed by atoms with Gasteiger partial charge in [0, 0.05) is 13.5 Å². The van der Waals surface area contributed by atoms with E-state index in [-0.39, 0.29) is 17.9 Å². The van der Waals surface area contributed by atoms with Gasteiger partial charge < -0.3 is 9.30 Å². The molecule has 2 aliphatic rings. The second kappa shape index (κ2) is 9.58. The van der Waals surface area contributed by atoms with Crippen molar-refractivity contribution < 1.29 is 14.3 Å². The number of aromatic nitrogens is 2. The van der Waals surface area contributed by atoms with Crippen molar-refractivity contribution in [3.63, 3.8) is 0 Å². The third-order valence-electron chi connectivity index (χ3n) is 6.00. The fraction of sp³-hybridized carbons (Fsp3) is 0.280. The van der Waals surface area contributed by atoms with Crippen molar-refractivity contribution in [2.75, 3.05) is 18.0 Å². The number of imidazole rings is 1. The molecule has 0 saturated carbocycles. The molecule has 0 N–H and O–H groups in total. The fourth-order valence-corrected chi connectivity index (χ4v) is 5.46. The maximum Gasteiger partial charge on any atom is 0.308 e. The van der Waals surface area contributed by atoms with Gasteiger partial charge in [0.1, 0.15) is 5.75 Å². The average Bonchev–Trinajstić information content (AvgIpc) is 3.37. The number of rotatable bonds is 6. The predicted octanol–water partition coefficient (Wildman–Crippen LogP) is 4.64. The lowest BCUT2D eigenvalue weighted by Gasteiger charge is -2.33. The molecule has 180 valence electrons. The third-order valence-corrected chi connectivity index (χ3v) is 7.23. The summed E-state index contributed by atoms with van der Waals surface area (Å²) in [6.07, 6.45) is 0.798. The summed E-state index contributed by atoms with van der Waals surface area (Å²) in [5.74, 6) is 1.23. The Kier molecular flexibility index (Phi) is 6.50. The van der Waals surface area contributed by atoms with Crippen LogP contribution in [0, 0.1) is 0 Å². The van der Waals surface area contributed by atoms with Crippen molar-refractivity contribution in [2.45, 2.75) is 32.9 Å². The maximum absolute atomic E-state index is 13.6. The third kappa shape index (κ3) is 4.52. The van der Waals surface area contributed by atoms with E-state index in [2.05, 4.69) is 48.9 Å². The van der Waals surface area contributed by atoms with Gasteiger partial charge in [-0.15, -0.1) is 0 Å². The number of anilines is 1. The minimum Gasteiger partial charge on any atom is -0.426 e. The maximum atomic E-state index is 13.6. The largest absolute Gasteiger partial charge is 0.426 e. The van der Waals surface area contributed by atoms with E-state index in [1.807, 2.05) is 41.8 Å². The molecule has 1 aromatic heterocycles. The highest BCUT2D eigenvalue weighted by molar-refractivity contribution is 9.10. The molecule has 35 heavy (non-hydrogen) atoms. The SMILES string of the molecule is CCN1C(=O)c2c(nc(Br)n2Cc2ccc(OC(C)=O)c(Br)c2)N2C[C@@H](Cc3ccccc3)N=C12. The summed E-state index contributed by atoms with van der Waals surface area (Å²) in [4.78, 5) is 38.3. The van der Waals surface area contributed by atoms with Gasteiger partial charge in [-0.2, -0.15) is 0 Å². The molecule has 3 heterocycles. The highest BCUT2D eigenvalue weighted by Crippen LogP contribution is 2.35. The molecule has 0 fully saturated rings. The number of hydrogen-bond acceptors (Lipinski definition) is 6. The van der Waals surface area contributed by atoms with Gasteiger partial charge >= 0.3 is 5.97 Å². The van der Waals surface area contributed by atoms with Crippen molar-refractivity contribution in [1.29, 1.82) is 0 Å². The summed E-state index contributed by atoms with van der Waals surface area (Å²) in [5, 5.41) is 0. The minimum absolute atomic E-state index is 0.0360. The van der Waals surface area contributed by atoms with E-state index >= 15 is 0 Å². The van der Waals surface area contributed by atoms with E-state index in [1.54, 1.807) is 11.0 Å². The van der Waals surface area contributed by atoms with Crippen LogP contribution in [-0.4, -0.2) is 51.4 Å². The number of nitrogens with zero attached hydrogens (tertiary/aromatic N) is 5. The van der Waals surface area contributed by atoms with Crippen molar-refractivity contribution in [3.8, 4) is 5.75 Å². The van der Waals surface area contributed by atoms with Crippen LogP contribution in [0.1, 0.15) is 35.5 Å². The fourth-order valence-electron chi connectivity index (χ4n) is 4.48. The molecule has 0 radical (unpaired) electrons. The molecule has 0 unspecified atom stereocenters. The van der Waals surface area contributed by atoms with Crippen LogP contribution in [0.2, 0.25) is 0 Å². The Labute approximate surface area is 219 Å². The molecular formula is C25H23Br2N5O3. The molecule has 2 aromatic carbocycles. The lowest BCUT2D eigenvalue weighted by molar-refractivity contribution is -0.131. The topological polar surface area (TPSA) is 80.0 Å². The minimum atomic E-state index is -0.385. The van der Waals surface area contributed by atoms with E-state index in [4.69, 9.17) is 14.7 Å². The van der Waals surface area contributed by atoms with Gasteiger partial charge in [0.2, 0.25) is 5.96 Å². The van der Waals surface area contributed by atoms with E-state index in [9.17, 15) is 9.59 Å². The molecule has 5 rings (SSSR count). The highest BCUT2D eigenvalue weighted by Gasteiger charge is 2.43. The number of ether oxygens (including phenoxy) is 1. The van der Waals surface area contributed by atoms with Gasteiger partial charge in [0.25, 0.3) is 5.91 Å². The molecule has 0 bridgehead atoms. The molecule has 8 nitrogen and oxygen atoms in total. The number of guanidine groups is 1. The number of hydrogen-bond donors (Lipinski definition) is 0. The van der Waals surface area contributed by atoms with Crippen LogP contribution >= 0.6 is 31.9 Å². The van der Waals surface area contributed by atoms with E-state index in [1.165, 1.54) is 12.5 Å².